The van der Waals surface area contributed by atoms with E-state index < -0.39 is 11.7 Å². The van der Waals surface area contributed by atoms with Crippen LogP contribution in [0.15, 0.2) is 48.5 Å². The third kappa shape index (κ3) is 3.62. The molecule has 0 aliphatic rings. The molecule has 0 saturated heterocycles. The molecule has 0 aliphatic carbocycles. The Morgan fingerprint density at radius 1 is 1.00 bits per heavy atom. The Labute approximate surface area is 117 Å². The van der Waals surface area contributed by atoms with Crippen LogP contribution in [0.25, 0.3) is 0 Å². The van der Waals surface area contributed by atoms with Gasteiger partial charge in [-0.2, -0.15) is 13.2 Å². The van der Waals surface area contributed by atoms with Gasteiger partial charge in [-0.25, -0.2) is 0 Å². The summed E-state index contributed by atoms with van der Waals surface area (Å²) in [6, 6.07) is 13.7. The molecule has 0 amide bonds. The van der Waals surface area contributed by atoms with Gasteiger partial charge in [-0.1, -0.05) is 55.0 Å². The average Bonchev–Trinajstić information content (AvgIpc) is 2.38. The smallest absolute Gasteiger partial charge is 0.166 e. The van der Waals surface area contributed by atoms with Crippen LogP contribution < -0.4 is 0 Å². The van der Waals surface area contributed by atoms with Crippen molar-refractivity contribution in [2.24, 2.45) is 0 Å². The van der Waals surface area contributed by atoms with Gasteiger partial charge in [0.05, 0.1) is 5.56 Å². The highest BCUT2D eigenvalue weighted by Gasteiger charge is 2.30. The van der Waals surface area contributed by atoms with E-state index in [9.17, 15) is 13.2 Å². The van der Waals surface area contributed by atoms with Crippen LogP contribution in [0.1, 0.15) is 35.1 Å². The maximum absolute atomic E-state index is 12.7. The van der Waals surface area contributed by atoms with E-state index in [0.29, 0.717) is 0 Å². The number of alkyl halides is 3. The Morgan fingerprint density at radius 3 is 2.35 bits per heavy atom. The number of halogens is 3. The molecule has 0 aliphatic heterocycles. The highest BCUT2D eigenvalue weighted by Crippen LogP contribution is 2.31. The summed E-state index contributed by atoms with van der Waals surface area (Å²) in [6.45, 7) is 3.97. The SMILES string of the molecule is Cc1cccc(CC(C)c2cccc(C(F)(F)F)c2)c1. The number of aryl methyl sites for hydroxylation is 1. The van der Waals surface area contributed by atoms with Crippen molar-refractivity contribution in [2.75, 3.05) is 0 Å². The van der Waals surface area contributed by atoms with Crippen LogP contribution in [-0.4, -0.2) is 0 Å². The molecule has 20 heavy (non-hydrogen) atoms. The molecule has 0 aromatic heterocycles. The minimum Gasteiger partial charge on any atom is -0.166 e. The summed E-state index contributed by atoms with van der Waals surface area (Å²) in [7, 11) is 0. The summed E-state index contributed by atoms with van der Waals surface area (Å²) in [5, 5.41) is 0. The molecule has 0 bridgehead atoms. The molecule has 0 N–H and O–H groups in total. The normalized spacial score (nSPS) is 13.2. The summed E-state index contributed by atoms with van der Waals surface area (Å²) in [5.41, 5.74) is 2.46. The van der Waals surface area contributed by atoms with Gasteiger partial charge in [0.25, 0.3) is 0 Å². The van der Waals surface area contributed by atoms with E-state index in [1.54, 1.807) is 6.07 Å². The molecule has 0 nitrogen and oxygen atoms in total. The zero-order valence-electron chi connectivity index (χ0n) is 11.5. The van der Waals surface area contributed by atoms with Gasteiger partial charge in [0.15, 0.2) is 0 Å². The molecule has 1 atom stereocenters. The minimum absolute atomic E-state index is 0.0547. The van der Waals surface area contributed by atoms with Crippen molar-refractivity contribution >= 4 is 0 Å². The van der Waals surface area contributed by atoms with Crippen LogP contribution in [0, 0.1) is 6.92 Å². The molecule has 3 heteroatoms. The third-order valence-electron chi connectivity index (χ3n) is 3.41. The molecule has 0 heterocycles. The third-order valence-corrected chi connectivity index (χ3v) is 3.41. The zero-order valence-corrected chi connectivity index (χ0v) is 11.5. The van der Waals surface area contributed by atoms with Crippen LogP contribution in [0.5, 0.6) is 0 Å². The molecule has 0 radical (unpaired) electrons. The lowest BCUT2D eigenvalue weighted by Crippen LogP contribution is -2.07. The summed E-state index contributed by atoms with van der Waals surface area (Å²) < 4.78 is 38.1. The molecule has 0 spiro atoms. The predicted molar refractivity (Wildman–Crippen MR) is 74.7 cm³/mol. The van der Waals surface area contributed by atoms with E-state index in [1.807, 2.05) is 32.0 Å². The van der Waals surface area contributed by atoms with Crippen molar-refractivity contribution in [3.8, 4) is 0 Å². The Kier molecular flexibility index (Phi) is 4.17. The number of rotatable bonds is 3. The second-order valence-electron chi connectivity index (χ2n) is 5.22. The van der Waals surface area contributed by atoms with Gasteiger partial charge in [-0.3, -0.25) is 0 Å². The van der Waals surface area contributed by atoms with Crippen molar-refractivity contribution in [1.82, 2.24) is 0 Å². The Bertz CT molecular complexity index is 585. The van der Waals surface area contributed by atoms with Crippen molar-refractivity contribution in [1.29, 1.82) is 0 Å². The first-order chi connectivity index (χ1) is 9.36. The van der Waals surface area contributed by atoms with Crippen molar-refractivity contribution in [3.05, 3.63) is 70.8 Å². The van der Waals surface area contributed by atoms with Crippen LogP contribution >= 0.6 is 0 Å². The lowest BCUT2D eigenvalue weighted by molar-refractivity contribution is -0.137. The lowest BCUT2D eigenvalue weighted by Gasteiger charge is -2.15. The first-order valence-electron chi connectivity index (χ1n) is 6.59. The van der Waals surface area contributed by atoms with Crippen molar-refractivity contribution in [3.63, 3.8) is 0 Å². The van der Waals surface area contributed by atoms with Crippen LogP contribution in [0.4, 0.5) is 13.2 Å². The van der Waals surface area contributed by atoms with E-state index in [2.05, 4.69) is 6.07 Å². The summed E-state index contributed by atoms with van der Waals surface area (Å²) in [4.78, 5) is 0. The highest BCUT2D eigenvalue weighted by molar-refractivity contribution is 5.30. The van der Waals surface area contributed by atoms with Gasteiger partial charge < -0.3 is 0 Å². The molecule has 106 valence electrons. The Balaban J connectivity index is 2.19. The van der Waals surface area contributed by atoms with Crippen LogP contribution in [-0.2, 0) is 12.6 Å². The summed E-state index contributed by atoms with van der Waals surface area (Å²) in [6.07, 6.45) is -3.54. The molecule has 2 aromatic rings. The second kappa shape index (κ2) is 5.70. The van der Waals surface area contributed by atoms with E-state index in [-0.39, 0.29) is 5.92 Å². The molecule has 1 unspecified atom stereocenters. The fraction of sp³-hybridized carbons (Fsp3) is 0.294. The number of hydrogen-bond acceptors (Lipinski definition) is 0. The van der Waals surface area contributed by atoms with Gasteiger partial charge in [0, 0.05) is 0 Å². The van der Waals surface area contributed by atoms with Gasteiger partial charge in [-0.15, -0.1) is 0 Å². The molecular weight excluding hydrogens is 261 g/mol. The van der Waals surface area contributed by atoms with Crippen molar-refractivity contribution in [2.45, 2.75) is 32.4 Å². The molecule has 0 fully saturated rings. The molecule has 0 saturated carbocycles. The zero-order chi connectivity index (χ0) is 14.8. The fourth-order valence-electron chi connectivity index (χ4n) is 2.33. The maximum Gasteiger partial charge on any atom is 0.416 e. The first-order valence-corrected chi connectivity index (χ1v) is 6.59. The molecule has 2 aromatic carbocycles. The standard InChI is InChI=1S/C17H17F3/c1-12-5-3-6-14(9-12)10-13(2)15-7-4-8-16(11-15)17(18,19)20/h3-9,11,13H,10H2,1-2H3. The maximum atomic E-state index is 12.7. The molecular formula is C17H17F3. The average molecular weight is 278 g/mol. The Morgan fingerprint density at radius 2 is 1.70 bits per heavy atom. The fourth-order valence-corrected chi connectivity index (χ4v) is 2.33. The van der Waals surface area contributed by atoms with Gasteiger partial charge in [-0.05, 0) is 36.5 Å². The molecule has 2 rings (SSSR count). The second-order valence-corrected chi connectivity index (χ2v) is 5.22. The quantitative estimate of drug-likeness (QED) is 0.709. The minimum atomic E-state index is -4.28. The lowest BCUT2D eigenvalue weighted by atomic mass is 9.92. The van der Waals surface area contributed by atoms with E-state index in [4.69, 9.17) is 0 Å². The largest absolute Gasteiger partial charge is 0.416 e. The van der Waals surface area contributed by atoms with E-state index >= 15 is 0 Å². The summed E-state index contributed by atoms with van der Waals surface area (Å²) >= 11 is 0. The van der Waals surface area contributed by atoms with Gasteiger partial charge >= 0.3 is 6.18 Å². The predicted octanol–water partition coefficient (Wildman–Crippen LogP) is 5.36. The highest BCUT2D eigenvalue weighted by atomic mass is 19.4. The number of benzene rings is 2. The Hall–Kier alpha value is -1.77. The van der Waals surface area contributed by atoms with Gasteiger partial charge in [0.2, 0.25) is 0 Å². The van der Waals surface area contributed by atoms with E-state index in [1.165, 1.54) is 17.7 Å². The monoisotopic (exact) mass is 278 g/mol. The first kappa shape index (κ1) is 14.6. The summed E-state index contributed by atoms with van der Waals surface area (Å²) in [5.74, 6) is 0.0547. The topological polar surface area (TPSA) is 0 Å². The van der Waals surface area contributed by atoms with Gasteiger partial charge in [0.1, 0.15) is 0 Å². The van der Waals surface area contributed by atoms with Crippen LogP contribution in [0.2, 0.25) is 0 Å². The number of hydrogen-bond donors (Lipinski definition) is 0. The van der Waals surface area contributed by atoms with Crippen LogP contribution in [0.3, 0.4) is 0 Å². The van der Waals surface area contributed by atoms with E-state index in [0.717, 1.165) is 23.6 Å². The van der Waals surface area contributed by atoms with Crippen molar-refractivity contribution < 1.29 is 13.2 Å².